The van der Waals surface area contributed by atoms with Gasteiger partial charge in [0, 0.05) is 6.42 Å². The van der Waals surface area contributed by atoms with Gasteiger partial charge in [-0.05, 0) is 52.1 Å². The second-order valence-electron chi connectivity index (χ2n) is 8.40. The second-order valence-corrected chi connectivity index (χ2v) is 8.81. The number of benzene rings is 4. The Bertz CT molecular complexity index is 1400. The molecule has 0 radical (unpaired) electrons. The molecule has 0 unspecified atom stereocenters. The highest BCUT2D eigenvalue weighted by Gasteiger charge is 2.30. The number of carbonyl (C=O) groups is 2. The molecule has 0 fully saturated rings. The highest BCUT2D eigenvalue weighted by Crippen LogP contribution is 2.32. The van der Waals surface area contributed by atoms with Crippen molar-refractivity contribution < 1.29 is 27.9 Å². The smallest absolute Gasteiger partial charge is 0.416 e. The monoisotopic (exact) mass is 523 g/mol. The third-order valence-corrected chi connectivity index (χ3v) is 6.19. The fourth-order valence-corrected chi connectivity index (χ4v) is 4.07. The maximum Gasteiger partial charge on any atom is 0.416 e. The van der Waals surface area contributed by atoms with Crippen molar-refractivity contribution in [2.75, 3.05) is 0 Å². The molecule has 0 aliphatic rings. The molecule has 188 valence electrons. The molecule has 0 aliphatic carbocycles. The first-order valence-electron chi connectivity index (χ1n) is 11.3. The molecule has 4 nitrogen and oxygen atoms in total. The molecule has 0 saturated carbocycles. The van der Waals surface area contributed by atoms with E-state index < -0.39 is 29.7 Å². The maximum atomic E-state index is 13.0. The summed E-state index contributed by atoms with van der Waals surface area (Å²) < 4.78 is 38.6. The minimum absolute atomic E-state index is 0.0183. The van der Waals surface area contributed by atoms with E-state index in [4.69, 9.17) is 11.6 Å². The standard InChI is InChI=1S/C29H21ClF3NO3/c30-25-15-12-22(21-10-13-23(14-11-21)29(31,32)33)17-24(25)27(35)34-26(28(36)37)16-18-6-8-20(9-7-18)19-4-2-1-3-5-19/h1-15,17,26H,16H2,(H,34,35)(H,36,37)/t26-/m0/s1. The summed E-state index contributed by atoms with van der Waals surface area (Å²) >= 11 is 6.21. The Morgan fingerprint density at radius 2 is 1.32 bits per heavy atom. The molecular formula is C29H21ClF3NO3. The van der Waals surface area contributed by atoms with E-state index >= 15 is 0 Å². The number of halogens is 4. The number of hydrogen-bond acceptors (Lipinski definition) is 2. The van der Waals surface area contributed by atoms with Crippen molar-refractivity contribution in [1.29, 1.82) is 0 Å². The minimum Gasteiger partial charge on any atom is -0.480 e. The molecule has 4 aromatic carbocycles. The van der Waals surface area contributed by atoms with Crippen molar-refractivity contribution in [1.82, 2.24) is 5.32 Å². The molecule has 8 heteroatoms. The largest absolute Gasteiger partial charge is 0.480 e. The van der Waals surface area contributed by atoms with Crippen LogP contribution in [0.2, 0.25) is 5.02 Å². The molecule has 0 heterocycles. The average molecular weight is 524 g/mol. The summed E-state index contributed by atoms with van der Waals surface area (Å²) in [5.41, 5.74) is 2.87. The van der Waals surface area contributed by atoms with Crippen molar-refractivity contribution in [3.05, 3.63) is 119 Å². The van der Waals surface area contributed by atoms with Crippen LogP contribution < -0.4 is 5.32 Å². The van der Waals surface area contributed by atoms with Gasteiger partial charge in [-0.15, -0.1) is 0 Å². The Morgan fingerprint density at radius 3 is 1.92 bits per heavy atom. The van der Waals surface area contributed by atoms with Gasteiger partial charge in [0.05, 0.1) is 16.1 Å². The van der Waals surface area contributed by atoms with Crippen molar-refractivity contribution in [3.8, 4) is 22.3 Å². The van der Waals surface area contributed by atoms with E-state index in [1.54, 1.807) is 6.07 Å². The van der Waals surface area contributed by atoms with Crippen LogP contribution in [-0.2, 0) is 17.4 Å². The molecule has 0 aromatic heterocycles. The van der Waals surface area contributed by atoms with E-state index in [2.05, 4.69) is 5.32 Å². The molecule has 1 amide bonds. The van der Waals surface area contributed by atoms with Gasteiger partial charge in [-0.25, -0.2) is 4.79 Å². The van der Waals surface area contributed by atoms with Crippen LogP contribution in [0.4, 0.5) is 13.2 Å². The van der Waals surface area contributed by atoms with E-state index in [1.165, 1.54) is 24.3 Å². The first-order valence-corrected chi connectivity index (χ1v) is 11.6. The quantitative estimate of drug-likeness (QED) is 0.271. The molecule has 1 atom stereocenters. The maximum absolute atomic E-state index is 13.0. The number of amides is 1. The zero-order valence-electron chi connectivity index (χ0n) is 19.3. The summed E-state index contributed by atoms with van der Waals surface area (Å²) in [4.78, 5) is 24.9. The van der Waals surface area contributed by atoms with Crippen LogP contribution in [0.25, 0.3) is 22.3 Å². The van der Waals surface area contributed by atoms with Crippen LogP contribution >= 0.6 is 11.6 Å². The lowest BCUT2D eigenvalue weighted by atomic mass is 9.99. The lowest BCUT2D eigenvalue weighted by molar-refractivity contribution is -0.139. The lowest BCUT2D eigenvalue weighted by Crippen LogP contribution is -2.42. The van der Waals surface area contributed by atoms with Gasteiger partial charge in [0.1, 0.15) is 6.04 Å². The van der Waals surface area contributed by atoms with E-state index in [0.717, 1.165) is 28.8 Å². The number of carboxylic acids is 1. The molecule has 0 saturated heterocycles. The van der Waals surface area contributed by atoms with Crippen LogP contribution in [0, 0.1) is 0 Å². The second kappa shape index (κ2) is 10.9. The molecular weight excluding hydrogens is 503 g/mol. The third-order valence-electron chi connectivity index (χ3n) is 5.86. The summed E-state index contributed by atoms with van der Waals surface area (Å²) in [6, 6.07) is 24.8. The molecule has 0 spiro atoms. The average Bonchev–Trinajstić information content (AvgIpc) is 2.89. The normalized spacial score (nSPS) is 12.1. The Morgan fingerprint density at radius 1 is 0.784 bits per heavy atom. The zero-order chi connectivity index (χ0) is 26.6. The van der Waals surface area contributed by atoms with Crippen molar-refractivity contribution >= 4 is 23.5 Å². The van der Waals surface area contributed by atoms with Crippen molar-refractivity contribution in [2.45, 2.75) is 18.6 Å². The highest BCUT2D eigenvalue weighted by molar-refractivity contribution is 6.34. The van der Waals surface area contributed by atoms with Crippen LogP contribution in [0.1, 0.15) is 21.5 Å². The molecule has 0 bridgehead atoms. The number of rotatable bonds is 7. The summed E-state index contributed by atoms with van der Waals surface area (Å²) in [5.74, 6) is -1.91. The van der Waals surface area contributed by atoms with Gasteiger partial charge in [0.25, 0.3) is 5.91 Å². The van der Waals surface area contributed by atoms with Gasteiger partial charge in [-0.3, -0.25) is 4.79 Å². The van der Waals surface area contributed by atoms with Gasteiger partial charge in [0.2, 0.25) is 0 Å². The SMILES string of the molecule is O=C(N[C@@H](Cc1ccc(-c2ccccc2)cc1)C(=O)O)c1cc(-c2ccc(C(F)(F)F)cc2)ccc1Cl. The van der Waals surface area contributed by atoms with Crippen LogP contribution in [-0.4, -0.2) is 23.0 Å². The van der Waals surface area contributed by atoms with E-state index in [-0.39, 0.29) is 17.0 Å². The van der Waals surface area contributed by atoms with Crippen LogP contribution in [0.5, 0.6) is 0 Å². The summed E-state index contributed by atoms with van der Waals surface area (Å²) in [5, 5.41) is 12.3. The van der Waals surface area contributed by atoms with Gasteiger partial charge < -0.3 is 10.4 Å². The number of alkyl halides is 3. The molecule has 4 aromatic rings. The predicted molar refractivity (Wildman–Crippen MR) is 136 cm³/mol. The van der Waals surface area contributed by atoms with Crippen LogP contribution in [0.15, 0.2) is 97.1 Å². The van der Waals surface area contributed by atoms with Crippen molar-refractivity contribution in [2.24, 2.45) is 0 Å². The molecule has 2 N–H and O–H groups in total. The number of hydrogen-bond donors (Lipinski definition) is 2. The summed E-state index contributed by atoms with van der Waals surface area (Å²) in [6.07, 6.45) is -4.41. The van der Waals surface area contributed by atoms with Gasteiger partial charge in [0.15, 0.2) is 0 Å². The highest BCUT2D eigenvalue weighted by atomic mass is 35.5. The van der Waals surface area contributed by atoms with E-state index in [9.17, 15) is 27.9 Å². The molecule has 4 rings (SSSR count). The molecule has 37 heavy (non-hydrogen) atoms. The summed E-state index contributed by atoms with van der Waals surface area (Å²) in [6.45, 7) is 0. The Balaban J connectivity index is 1.50. The lowest BCUT2D eigenvalue weighted by Gasteiger charge is -2.16. The Kier molecular flexibility index (Phi) is 7.64. The number of nitrogens with one attached hydrogen (secondary N) is 1. The van der Waals surface area contributed by atoms with Crippen LogP contribution in [0.3, 0.4) is 0 Å². The number of carbonyl (C=O) groups excluding carboxylic acids is 1. The molecule has 0 aliphatic heterocycles. The van der Waals surface area contributed by atoms with Gasteiger partial charge in [-0.2, -0.15) is 13.2 Å². The fourth-order valence-electron chi connectivity index (χ4n) is 3.87. The zero-order valence-corrected chi connectivity index (χ0v) is 20.1. The Labute approximate surface area is 216 Å². The first-order chi connectivity index (χ1) is 17.6. The number of carboxylic acid groups (broad SMARTS) is 1. The summed E-state index contributed by atoms with van der Waals surface area (Å²) in [7, 11) is 0. The number of aliphatic carboxylic acids is 1. The fraction of sp³-hybridized carbons (Fsp3) is 0.103. The third kappa shape index (κ3) is 6.37. The predicted octanol–water partition coefficient (Wildman–Crippen LogP) is 7.12. The van der Waals surface area contributed by atoms with Gasteiger partial charge >= 0.3 is 12.1 Å². The van der Waals surface area contributed by atoms with Gasteiger partial charge in [-0.1, -0.05) is 84.4 Å². The first kappa shape index (κ1) is 26.0. The van der Waals surface area contributed by atoms with E-state index in [1.807, 2.05) is 54.6 Å². The Hall–Kier alpha value is -4.10. The van der Waals surface area contributed by atoms with Crippen molar-refractivity contribution in [3.63, 3.8) is 0 Å². The minimum atomic E-state index is -4.46. The topological polar surface area (TPSA) is 66.4 Å². The van der Waals surface area contributed by atoms with E-state index in [0.29, 0.717) is 11.1 Å².